The predicted molar refractivity (Wildman–Crippen MR) is 125 cm³/mol. The van der Waals surface area contributed by atoms with Crippen LogP contribution in [0, 0.1) is 0 Å². The van der Waals surface area contributed by atoms with E-state index in [0.29, 0.717) is 22.0 Å². The molecule has 3 rings (SSSR count). The molecule has 8 heteroatoms. The van der Waals surface area contributed by atoms with E-state index in [4.69, 9.17) is 4.74 Å². The van der Waals surface area contributed by atoms with Crippen molar-refractivity contribution in [2.24, 2.45) is 0 Å². The number of rotatable bonds is 8. The SMILES string of the molecule is CCCS(=O)(=O)c1ccc(C=C(C)C(=O)Nc2nc(-c3ccc(OC)cc3)cs2)cc1. The molecule has 0 atom stereocenters. The fraction of sp³-hybridized carbons (Fsp3) is 0.217. The quantitative estimate of drug-likeness (QED) is 0.480. The summed E-state index contributed by atoms with van der Waals surface area (Å²) in [5.74, 6) is 0.623. The molecule has 162 valence electrons. The number of carbonyl (C=O) groups is 1. The highest BCUT2D eigenvalue weighted by molar-refractivity contribution is 7.91. The Morgan fingerprint density at radius 1 is 1.13 bits per heavy atom. The highest BCUT2D eigenvalue weighted by atomic mass is 32.2. The van der Waals surface area contributed by atoms with Gasteiger partial charge < -0.3 is 4.74 Å². The molecule has 0 bridgehead atoms. The van der Waals surface area contributed by atoms with Gasteiger partial charge in [0.1, 0.15) is 5.75 Å². The van der Waals surface area contributed by atoms with Gasteiger partial charge in [-0.2, -0.15) is 0 Å². The Hall–Kier alpha value is -2.97. The number of hydrogen-bond donors (Lipinski definition) is 1. The zero-order valence-corrected chi connectivity index (χ0v) is 19.2. The minimum atomic E-state index is -3.25. The lowest BCUT2D eigenvalue weighted by Gasteiger charge is -2.05. The van der Waals surface area contributed by atoms with E-state index in [0.717, 1.165) is 22.6 Å². The van der Waals surface area contributed by atoms with Crippen LogP contribution in [0.1, 0.15) is 25.8 Å². The highest BCUT2D eigenvalue weighted by Crippen LogP contribution is 2.27. The van der Waals surface area contributed by atoms with Crippen LogP contribution in [0.25, 0.3) is 17.3 Å². The van der Waals surface area contributed by atoms with Crippen molar-refractivity contribution in [1.82, 2.24) is 4.98 Å². The second-order valence-electron chi connectivity index (χ2n) is 6.94. The molecule has 1 amide bonds. The van der Waals surface area contributed by atoms with Crippen LogP contribution in [0.4, 0.5) is 5.13 Å². The molecule has 0 aliphatic rings. The number of hydrogen-bond acceptors (Lipinski definition) is 6. The van der Waals surface area contributed by atoms with Gasteiger partial charge in [-0.1, -0.05) is 19.1 Å². The summed E-state index contributed by atoms with van der Waals surface area (Å²) in [6, 6.07) is 14.1. The van der Waals surface area contributed by atoms with Crippen molar-refractivity contribution in [3.8, 4) is 17.0 Å². The summed E-state index contributed by atoms with van der Waals surface area (Å²) in [7, 11) is -1.64. The van der Waals surface area contributed by atoms with Gasteiger partial charge in [-0.25, -0.2) is 13.4 Å². The maximum absolute atomic E-state index is 12.5. The van der Waals surface area contributed by atoms with Crippen molar-refractivity contribution in [3.63, 3.8) is 0 Å². The summed E-state index contributed by atoms with van der Waals surface area (Å²) in [4.78, 5) is 17.3. The maximum Gasteiger partial charge on any atom is 0.253 e. The second kappa shape index (κ2) is 9.89. The Morgan fingerprint density at radius 2 is 1.81 bits per heavy atom. The number of benzene rings is 2. The summed E-state index contributed by atoms with van der Waals surface area (Å²) in [6.45, 7) is 3.54. The molecule has 1 aromatic heterocycles. The lowest BCUT2D eigenvalue weighted by molar-refractivity contribution is -0.112. The molecule has 0 radical (unpaired) electrons. The Labute approximate surface area is 186 Å². The summed E-state index contributed by atoms with van der Waals surface area (Å²) in [6.07, 6.45) is 2.28. The summed E-state index contributed by atoms with van der Waals surface area (Å²) >= 11 is 1.35. The minimum absolute atomic E-state index is 0.121. The first-order valence-corrected chi connectivity index (χ1v) is 12.3. The van der Waals surface area contributed by atoms with E-state index in [1.807, 2.05) is 36.6 Å². The van der Waals surface area contributed by atoms with Gasteiger partial charge in [0.25, 0.3) is 5.91 Å². The van der Waals surface area contributed by atoms with E-state index >= 15 is 0 Å². The molecule has 0 aliphatic carbocycles. The first kappa shape index (κ1) is 22.7. The van der Waals surface area contributed by atoms with Crippen molar-refractivity contribution in [3.05, 3.63) is 65.0 Å². The van der Waals surface area contributed by atoms with Gasteiger partial charge in [0.05, 0.1) is 23.5 Å². The van der Waals surface area contributed by atoms with Gasteiger partial charge in [-0.3, -0.25) is 10.1 Å². The monoisotopic (exact) mass is 456 g/mol. The zero-order chi connectivity index (χ0) is 22.4. The molecule has 2 aromatic carbocycles. The molecular weight excluding hydrogens is 432 g/mol. The summed E-state index contributed by atoms with van der Waals surface area (Å²) in [5, 5.41) is 5.19. The first-order chi connectivity index (χ1) is 14.8. The van der Waals surface area contributed by atoms with Gasteiger partial charge in [0.2, 0.25) is 0 Å². The number of nitrogens with zero attached hydrogens (tertiary/aromatic N) is 1. The lowest BCUT2D eigenvalue weighted by atomic mass is 10.1. The number of carbonyl (C=O) groups excluding carboxylic acids is 1. The molecule has 0 saturated carbocycles. The van der Waals surface area contributed by atoms with Crippen LogP contribution >= 0.6 is 11.3 Å². The third-order valence-electron chi connectivity index (χ3n) is 4.56. The number of aromatic nitrogens is 1. The van der Waals surface area contributed by atoms with Crippen molar-refractivity contribution in [2.75, 3.05) is 18.2 Å². The van der Waals surface area contributed by atoms with Gasteiger partial charge >= 0.3 is 0 Å². The van der Waals surface area contributed by atoms with E-state index < -0.39 is 9.84 Å². The number of methoxy groups -OCH3 is 1. The standard InChI is InChI=1S/C23H24N2O4S2/c1-4-13-31(27,28)20-11-5-17(6-12-20)14-16(2)22(26)25-23-24-21(15-30-23)18-7-9-19(29-3)10-8-18/h5-12,14-15H,4,13H2,1-3H3,(H,24,25,26). The van der Waals surface area contributed by atoms with Gasteiger partial charge in [-0.15, -0.1) is 11.3 Å². The van der Waals surface area contributed by atoms with E-state index in [1.165, 1.54) is 11.3 Å². The highest BCUT2D eigenvalue weighted by Gasteiger charge is 2.13. The Bertz CT molecular complexity index is 1180. The van der Waals surface area contributed by atoms with Crippen LogP contribution in [-0.4, -0.2) is 32.2 Å². The van der Waals surface area contributed by atoms with E-state index in [9.17, 15) is 13.2 Å². The number of sulfone groups is 1. The van der Waals surface area contributed by atoms with Crippen molar-refractivity contribution < 1.29 is 17.9 Å². The number of nitrogens with one attached hydrogen (secondary N) is 1. The lowest BCUT2D eigenvalue weighted by Crippen LogP contribution is -2.12. The average molecular weight is 457 g/mol. The van der Waals surface area contributed by atoms with Crippen LogP contribution in [-0.2, 0) is 14.6 Å². The fourth-order valence-electron chi connectivity index (χ4n) is 2.89. The van der Waals surface area contributed by atoms with Crippen LogP contribution < -0.4 is 10.1 Å². The molecule has 6 nitrogen and oxygen atoms in total. The Morgan fingerprint density at radius 3 is 2.42 bits per heavy atom. The van der Waals surface area contributed by atoms with Crippen LogP contribution in [0.2, 0.25) is 0 Å². The molecular formula is C23H24N2O4S2. The molecule has 1 N–H and O–H groups in total. The zero-order valence-electron chi connectivity index (χ0n) is 17.6. The van der Waals surface area contributed by atoms with Gasteiger partial charge in [0, 0.05) is 16.5 Å². The van der Waals surface area contributed by atoms with Crippen LogP contribution in [0.5, 0.6) is 5.75 Å². The fourth-order valence-corrected chi connectivity index (χ4v) is 4.93. The Kier molecular flexibility index (Phi) is 7.25. The average Bonchev–Trinajstić information content (AvgIpc) is 3.22. The van der Waals surface area contributed by atoms with Gasteiger partial charge in [-0.05, 0) is 61.4 Å². The largest absolute Gasteiger partial charge is 0.497 e. The molecule has 0 aliphatic heterocycles. The minimum Gasteiger partial charge on any atom is -0.497 e. The van der Waals surface area contributed by atoms with Crippen LogP contribution in [0.3, 0.4) is 0 Å². The number of amides is 1. The van der Waals surface area contributed by atoms with E-state index in [1.54, 1.807) is 44.4 Å². The molecule has 31 heavy (non-hydrogen) atoms. The molecule has 0 unspecified atom stereocenters. The molecule has 0 saturated heterocycles. The molecule has 0 spiro atoms. The van der Waals surface area contributed by atoms with Crippen molar-refractivity contribution in [1.29, 1.82) is 0 Å². The number of thiazole rings is 1. The molecule has 0 fully saturated rings. The van der Waals surface area contributed by atoms with Crippen molar-refractivity contribution in [2.45, 2.75) is 25.2 Å². The summed E-state index contributed by atoms with van der Waals surface area (Å²) < 4.78 is 29.4. The number of anilines is 1. The predicted octanol–water partition coefficient (Wildman–Crippen LogP) is 5.04. The Balaban J connectivity index is 1.67. The van der Waals surface area contributed by atoms with Gasteiger partial charge in [0.15, 0.2) is 15.0 Å². The molecule has 3 aromatic rings. The van der Waals surface area contributed by atoms with E-state index in [-0.39, 0.29) is 11.7 Å². The molecule has 1 heterocycles. The first-order valence-electron chi connectivity index (χ1n) is 9.75. The number of ether oxygens (including phenoxy) is 1. The third kappa shape index (κ3) is 5.80. The van der Waals surface area contributed by atoms with Crippen LogP contribution in [0.15, 0.2) is 64.4 Å². The smallest absolute Gasteiger partial charge is 0.253 e. The van der Waals surface area contributed by atoms with Crippen molar-refractivity contribution >= 4 is 38.3 Å². The van der Waals surface area contributed by atoms with E-state index in [2.05, 4.69) is 10.3 Å². The second-order valence-corrected chi connectivity index (χ2v) is 9.90. The topological polar surface area (TPSA) is 85.4 Å². The maximum atomic E-state index is 12.5. The normalized spacial score (nSPS) is 11.9. The summed E-state index contributed by atoms with van der Waals surface area (Å²) in [5.41, 5.74) is 2.95. The third-order valence-corrected chi connectivity index (χ3v) is 7.26.